The first-order valence-corrected chi connectivity index (χ1v) is 12.6. The number of halogens is 2. The van der Waals surface area contributed by atoms with Crippen LogP contribution in [0, 0.1) is 12.7 Å². The maximum absolute atomic E-state index is 13.1. The molecule has 1 N–H and O–H groups in total. The zero-order valence-electron chi connectivity index (χ0n) is 18.2. The van der Waals surface area contributed by atoms with Crippen molar-refractivity contribution >= 4 is 46.3 Å². The summed E-state index contributed by atoms with van der Waals surface area (Å²) < 4.78 is 20.6. The molecule has 0 aliphatic carbocycles. The fourth-order valence-corrected chi connectivity index (χ4v) is 5.21. The number of furan rings is 1. The summed E-state index contributed by atoms with van der Waals surface area (Å²) in [4.78, 5) is 17.0. The summed E-state index contributed by atoms with van der Waals surface area (Å²) in [5, 5.41) is 15.1. The number of carbonyl (C=O) groups excluding carboxylic acids is 1. The molecule has 11 heteroatoms. The van der Waals surface area contributed by atoms with Crippen LogP contribution < -0.4 is 5.32 Å². The lowest BCUT2D eigenvalue weighted by molar-refractivity contribution is 0.102. The SMILES string of the molecule is Cc1ccc(Cl)cc1-n1c(SCc2nc(C(=O)Nc3ccc(F)cc3)cs2)nnc1-c1ccco1. The van der Waals surface area contributed by atoms with E-state index in [0.717, 1.165) is 16.3 Å². The summed E-state index contributed by atoms with van der Waals surface area (Å²) in [6.07, 6.45) is 1.58. The molecule has 1 amide bonds. The van der Waals surface area contributed by atoms with Gasteiger partial charge in [0.2, 0.25) is 5.82 Å². The summed E-state index contributed by atoms with van der Waals surface area (Å²) in [6, 6.07) is 14.8. The van der Waals surface area contributed by atoms with Gasteiger partial charge in [-0.05, 0) is 61.0 Å². The summed E-state index contributed by atoms with van der Waals surface area (Å²) >= 11 is 9.09. The molecule has 35 heavy (non-hydrogen) atoms. The van der Waals surface area contributed by atoms with Gasteiger partial charge < -0.3 is 9.73 Å². The lowest BCUT2D eigenvalue weighted by Crippen LogP contribution is -2.12. The Balaban J connectivity index is 1.37. The van der Waals surface area contributed by atoms with E-state index < -0.39 is 0 Å². The molecule has 0 fully saturated rings. The predicted molar refractivity (Wildman–Crippen MR) is 135 cm³/mol. The highest BCUT2D eigenvalue weighted by Gasteiger charge is 2.20. The Hall–Kier alpha value is -3.47. The highest BCUT2D eigenvalue weighted by molar-refractivity contribution is 7.98. The number of nitrogens with zero attached hydrogens (tertiary/aromatic N) is 4. The molecule has 0 spiro atoms. The molecule has 7 nitrogen and oxygen atoms in total. The van der Waals surface area contributed by atoms with Crippen molar-refractivity contribution in [1.29, 1.82) is 0 Å². The van der Waals surface area contributed by atoms with Crippen molar-refractivity contribution in [1.82, 2.24) is 19.7 Å². The molecule has 0 radical (unpaired) electrons. The third-order valence-corrected chi connectivity index (χ3v) is 7.21. The normalized spacial score (nSPS) is 11.1. The zero-order chi connectivity index (χ0) is 24.4. The number of amides is 1. The molecule has 0 bridgehead atoms. The molecular formula is C24H17ClFN5O2S2. The molecule has 2 aromatic carbocycles. The number of hydrogen-bond donors (Lipinski definition) is 1. The van der Waals surface area contributed by atoms with Gasteiger partial charge in [-0.3, -0.25) is 9.36 Å². The molecular weight excluding hydrogens is 509 g/mol. The third-order valence-electron chi connectivity index (χ3n) is 5.00. The first kappa shape index (κ1) is 23.3. The molecule has 5 rings (SSSR count). The average molecular weight is 526 g/mol. The number of nitrogens with one attached hydrogen (secondary N) is 1. The van der Waals surface area contributed by atoms with E-state index >= 15 is 0 Å². The van der Waals surface area contributed by atoms with Crippen LogP contribution in [0.2, 0.25) is 5.02 Å². The van der Waals surface area contributed by atoms with E-state index in [2.05, 4.69) is 20.5 Å². The molecule has 3 aromatic heterocycles. The fourth-order valence-electron chi connectivity index (χ4n) is 3.31. The van der Waals surface area contributed by atoms with Gasteiger partial charge in [0.25, 0.3) is 5.91 Å². The quantitative estimate of drug-likeness (QED) is 0.240. The Bertz CT molecular complexity index is 1480. The largest absolute Gasteiger partial charge is 0.461 e. The highest BCUT2D eigenvalue weighted by Crippen LogP contribution is 2.32. The molecule has 0 saturated carbocycles. The summed E-state index contributed by atoms with van der Waals surface area (Å²) in [5.41, 5.74) is 2.63. The summed E-state index contributed by atoms with van der Waals surface area (Å²) in [6.45, 7) is 1.98. The van der Waals surface area contributed by atoms with Crippen molar-refractivity contribution in [2.24, 2.45) is 0 Å². The number of aromatic nitrogens is 4. The van der Waals surface area contributed by atoms with Crippen LogP contribution in [0.4, 0.5) is 10.1 Å². The lowest BCUT2D eigenvalue weighted by Gasteiger charge is -2.12. The number of carbonyl (C=O) groups is 1. The van der Waals surface area contributed by atoms with Crippen molar-refractivity contribution in [2.45, 2.75) is 17.8 Å². The maximum Gasteiger partial charge on any atom is 0.275 e. The van der Waals surface area contributed by atoms with Gasteiger partial charge >= 0.3 is 0 Å². The van der Waals surface area contributed by atoms with Gasteiger partial charge in [-0.25, -0.2) is 9.37 Å². The molecule has 176 valence electrons. The van der Waals surface area contributed by atoms with Crippen LogP contribution in [-0.2, 0) is 5.75 Å². The number of benzene rings is 2. The number of hydrogen-bond acceptors (Lipinski definition) is 7. The van der Waals surface area contributed by atoms with Crippen molar-refractivity contribution in [2.75, 3.05) is 5.32 Å². The molecule has 0 aliphatic heterocycles. The second-order valence-corrected chi connectivity index (χ2v) is 9.75. The van der Waals surface area contributed by atoms with E-state index in [0.29, 0.717) is 38.9 Å². The first-order valence-electron chi connectivity index (χ1n) is 10.4. The van der Waals surface area contributed by atoms with Crippen LogP contribution in [0.25, 0.3) is 17.3 Å². The van der Waals surface area contributed by atoms with Crippen LogP contribution >= 0.6 is 34.7 Å². The van der Waals surface area contributed by atoms with E-state index in [4.69, 9.17) is 16.0 Å². The van der Waals surface area contributed by atoms with Crippen molar-refractivity contribution in [3.8, 4) is 17.3 Å². The van der Waals surface area contributed by atoms with E-state index in [-0.39, 0.29) is 11.7 Å². The topological polar surface area (TPSA) is 85.8 Å². The van der Waals surface area contributed by atoms with Crippen LogP contribution in [0.3, 0.4) is 0 Å². The number of thiazole rings is 1. The zero-order valence-corrected chi connectivity index (χ0v) is 20.6. The summed E-state index contributed by atoms with van der Waals surface area (Å²) in [5.74, 6) is 0.887. The van der Waals surface area contributed by atoms with Crippen molar-refractivity contribution in [3.05, 3.63) is 93.3 Å². The standard InChI is InChI=1S/C24H17ClFN5O2S2/c1-14-4-5-15(25)11-19(14)31-22(20-3-2-10-33-20)29-30-24(31)35-13-21-28-18(12-34-21)23(32)27-17-8-6-16(26)7-9-17/h2-12H,13H2,1H3,(H,27,32). The highest BCUT2D eigenvalue weighted by atomic mass is 35.5. The van der Waals surface area contributed by atoms with Gasteiger partial charge in [-0.15, -0.1) is 21.5 Å². The Morgan fingerprint density at radius 1 is 1.20 bits per heavy atom. The van der Waals surface area contributed by atoms with Crippen LogP contribution in [-0.4, -0.2) is 25.7 Å². The number of rotatable bonds is 7. The molecule has 0 aliphatic rings. The van der Waals surface area contributed by atoms with E-state index in [1.165, 1.54) is 47.4 Å². The molecule has 3 heterocycles. The second-order valence-electron chi connectivity index (χ2n) is 7.43. The average Bonchev–Trinajstić information content (AvgIpc) is 3.61. The van der Waals surface area contributed by atoms with Crippen molar-refractivity contribution < 1.29 is 13.6 Å². The van der Waals surface area contributed by atoms with Gasteiger partial charge in [0.15, 0.2) is 10.9 Å². The number of anilines is 1. The van der Waals surface area contributed by atoms with Crippen LogP contribution in [0.1, 0.15) is 21.1 Å². The number of thioether (sulfide) groups is 1. The van der Waals surface area contributed by atoms with E-state index in [1.807, 2.05) is 35.8 Å². The monoisotopic (exact) mass is 525 g/mol. The van der Waals surface area contributed by atoms with E-state index in [9.17, 15) is 9.18 Å². The molecule has 0 saturated heterocycles. The second kappa shape index (κ2) is 10.0. The Morgan fingerprint density at radius 2 is 2.03 bits per heavy atom. The van der Waals surface area contributed by atoms with Gasteiger partial charge in [0.1, 0.15) is 16.5 Å². The first-order chi connectivity index (χ1) is 17.0. The Labute approximate surface area is 213 Å². The van der Waals surface area contributed by atoms with Gasteiger partial charge in [0, 0.05) is 16.1 Å². The molecule has 5 aromatic rings. The smallest absolute Gasteiger partial charge is 0.275 e. The maximum atomic E-state index is 13.1. The van der Waals surface area contributed by atoms with Crippen molar-refractivity contribution in [3.63, 3.8) is 0 Å². The van der Waals surface area contributed by atoms with Crippen LogP contribution in [0.15, 0.2) is 75.8 Å². The number of aryl methyl sites for hydroxylation is 1. The molecule has 0 unspecified atom stereocenters. The minimum Gasteiger partial charge on any atom is -0.461 e. The lowest BCUT2D eigenvalue weighted by atomic mass is 10.2. The Morgan fingerprint density at radius 3 is 2.80 bits per heavy atom. The minimum atomic E-state index is -0.369. The van der Waals surface area contributed by atoms with Gasteiger partial charge in [-0.1, -0.05) is 29.4 Å². The van der Waals surface area contributed by atoms with Crippen LogP contribution in [0.5, 0.6) is 0 Å². The predicted octanol–water partition coefficient (Wildman–Crippen LogP) is 6.63. The van der Waals surface area contributed by atoms with E-state index in [1.54, 1.807) is 17.7 Å². The van der Waals surface area contributed by atoms with Gasteiger partial charge in [0.05, 0.1) is 17.7 Å². The third kappa shape index (κ3) is 5.14. The minimum absolute atomic E-state index is 0.290. The Kier molecular flexibility index (Phi) is 6.67. The van der Waals surface area contributed by atoms with Gasteiger partial charge in [-0.2, -0.15) is 0 Å². The fraction of sp³-hybridized carbons (Fsp3) is 0.0833. The molecule has 0 atom stereocenters. The summed E-state index contributed by atoms with van der Waals surface area (Å²) in [7, 11) is 0.